The highest BCUT2D eigenvalue weighted by Crippen LogP contribution is 2.26. The van der Waals surface area contributed by atoms with Gasteiger partial charge in [-0.25, -0.2) is 4.98 Å². The summed E-state index contributed by atoms with van der Waals surface area (Å²) in [7, 11) is 0. The van der Waals surface area contributed by atoms with Crippen LogP contribution >= 0.6 is 23.1 Å². The maximum absolute atomic E-state index is 10.5. The van der Waals surface area contributed by atoms with Crippen LogP contribution in [0.3, 0.4) is 0 Å². The van der Waals surface area contributed by atoms with E-state index in [1.54, 1.807) is 5.38 Å². The van der Waals surface area contributed by atoms with E-state index in [1.165, 1.54) is 23.1 Å². The summed E-state index contributed by atoms with van der Waals surface area (Å²) in [4.78, 5) is 14.7. The largest absolute Gasteiger partial charge is 0.481 e. The standard InChI is InChI=1S/C10H10N2O3S2/c1-6-2-8(12-15-6)5-17-10-11-7(4-16-10)3-9(13)14/h2,4H,3,5H2,1H3,(H,13,14). The Kier molecular flexibility index (Phi) is 3.80. The molecule has 0 saturated heterocycles. The van der Waals surface area contributed by atoms with Crippen LogP contribution in [0.2, 0.25) is 0 Å². The van der Waals surface area contributed by atoms with Crippen LogP contribution in [0.1, 0.15) is 17.1 Å². The Hall–Kier alpha value is -1.34. The molecule has 0 spiro atoms. The monoisotopic (exact) mass is 270 g/mol. The first kappa shape index (κ1) is 12.1. The fourth-order valence-electron chi connectivity index (χ4n) is 1.21. The van der Waals surface area contributed by atoms with Gasteiger partial charge >= 0.3 is 5.97 Å². The molecule has 0 unspecified atom stereocenters. The van der Waals surface area contributed by atoms with Gasteiger partial charge in [-0.05, 0) is 6.92 Å². The van der Waals surface area contributed by atoms with Gasteiger partial charge in [0.05, 0.1) is 17.8 Å². The number of aliphatic carboxylic acids is 1. The summed E-state index contributed by atoms with van der Waals surface area (Å²) in [5.41, 5.74) is 1.46. The van der Waals surface area contributed by atoms with Gasteiger partial charge in [0.15, 0.2) is 4.34 Å². The number of thiazole rings is 1. The van der Waals surface area contributed by atoms with Crippen molar-refractivity contribution in [2.75, 3.05) is 0 Å². The number of rotatable bonds is 5. The van der Waals surface area contributed by atoms with E-state index in [-0.39, 0.29) is 6.42 Å². The lowest BCUT2D eigenvalue weighted by atomic mass is 10.3. The number of nitrogens with zero attached hydrogens (tertiary/aromatic N) is 2. The van der Waals surface area contributed by atoms with Crippen LogP contribution in [-0.4, -0.2) is 21.2 Å². The summed E-state index contributed by atoms with van der Waals surface area (Å²) in [5.74, 6) is 0.599. The van der Waals surface area contributed by atoms with Crippen molar-refractivity contribution in [2.45, 2.75) is 23.4 Å². The Morgan fingerprint density at radius 1 is 1.59 bits per heavy atom. The third-order valence-electron chi connectivity index (χ3n) is 1.88. The molecule has 0 aromatic carbocycles. The number of hydrogen-bond acceptors (Lipinski definition) is 6. The average Bonchev–Trinajstić information content (AvgIpc) is 2.84. The van der Waals surface area contributed by atoms with Gasteiger partial charge in [0, 0.05) is 17.2 Å². The molecular formula is C10H10N2O3S2. The van der Waals surface area contributed by atoms with Crippen molar-refractivity contribution in [3.63, 3.8) is 0 Å². The summed E-state index contributed by atoms with van der Waals surface area (Å²) in [6.45, 7) is 1.84. The van der Waals surface area contributed by atoms with E-state index < -0.39 is 5.97 Å². The third-order valence-corrected chi connectivity index (χ3v) is 3.99. The van der Waals surface area contributed by atoms with Gasteiger partial charge in [0.25, 0.3) is 0 Å². The molecule has 0 aliphatic carbocycles. The SMILES string of the molecule is Cc1cc(CSc2nc(CC(=O)O)cs2)no1. The van der Waals surface area contributed by atoms with Gasteiger partial charge < -0.3 is 9.63 Å². The smallest absolute Gasteiger partial charge is 0.309 e. The quantitative estimate of drug-likeness (QED) is 0.840. The van der Waals surface area contributed by atoms with Crippen molar-refractivity contribution in [3.8, 4) is 0 Å². The molecule has 5 nitrogen and oxygen atoms in total. The van der Waals surface area contributed by atoms with Gasteiger partial charge in [0.1, 0.15) is 5.76 Å². The zero-order chi connectivity index (χ0) is 12.3. The number of carbonyl (C=O) groups is 1. The van der Waals surface area contributed by atoms with Crippen molar-refractivity contribution in [1.82, 2.24) is 10.1 Å². The van der Waals surface area contributed by atoms with Gasteiger partial charge in [-0.3, -0.25) is 4.79 Å². The summed E-state index contributed by atoms with van der Waals surface area (Å²) < 4.78 is 5.80. The number of aromatic nitrogens is 2. The third kappa shape index (κ3) is 3.57. The lowest BCUT2D eigenvalue weighted by molar-refractivity contribution is -0.136. The van der Waals surface area contributed by atoms with E-state index in [1.807, 2.05) is 13.0 Å². The first-order chi connectivity index (χ1) is 8.13. The van der Waals surface area contributed by atoms with Crippen LogP contribution in [0.15, 0.2) is 20.3 Å². The van der Waals surface area contributed by atoms with Crippen molar-refractivity contribution in [3.05, 3.63) is 28.6 Å². The van der Waals surface area contributed by atoms with E-state index >= 15 is 0 Å². The normalized spacial score (nSPS) is 10.6. The molecule has 2 rings (SSSR count). The number of hydrogen-bond donors (Lipinski definition) is 1. The summed E-state index contributed by atoms with van der Waals surface area (Å²) >= 11 is 2.97. The number of carboxylic acids is 1. The van der Waals surface area contributed by atoms with E-state index in [9.17, 15) is 4.79 Å². The molecule has 0 saturated carbocycles. The molecule has 0 amide bonds. The van der Waals surface area contributed by atoms with Crippen LogP contribution in [0, 0.1) is 6.92 Å². The van der Waals surface area contributed by atoms with Crippen LogP contribution in [0.4, 0.5) is 0 Å². The predicted molar refractivity (Wildman–Crippen MR) is 64.3 cm³/mol. The van der Waals surface area contributed by atoms with Crippen molar-refractivity contribution >= 4 is 29.1 Å². The molecule has 0 fully saturated rings. The predicted octanol–water partition coefficient (Wildman–Crippen LogP) is 2.36. The van der Waals surface area contributed by atoms with Crippen molar-refractivity contribution < 1.29 is 14.4 Å². The highest BCUT2D eigenvalue weighted by molar-refractivity contribution is 8.00. The number of aryl methyl sites for hydroxylation is 1. The fraction of sp³-hybridized carbons (Fsp3) is 0.300. The second kappa shape index (κ2) is 5.33. The average molecular weight is 270 g/mol. The van der Waals surface area contributed by atoms with Crippen LogP contribution < -0.4 is 0 Å². The zero-order valence-electron chi connectivity index (χ0n) is 9.04. The molecule has 0 bridgehead atoms. The lowest BCUT2D eigenvalue weighted by Crippen LogP contribution is -1.99. The van der Waals surface area contributed by atoms with Crippen molar-refractivity contribution in [2.24, 2.45) is 0 Å². The Labute approximate surface area is 106 Å². The zero-order valence-corrected chi connectivity index (χ0v) is 10.7. The molecule has 1 N–H and O–H groups in total. The van der Waals surface area contributed by atoms with Gasteiger partial charge in [-0.1, -0.05) is 16.9 Å². The van der Waals surface area contributed by atoms with E-state index in [4.69, 9.17) is 9.63 Å². The Morgan fingerprint density at radius 3 is 3.06 bits per heavy atom. The molecular weight excluding hydrogens is 260 g/mol. The molecule has 2 aromatic rings. The summed E-state index contributed by atoms with van der Waals surface area (Å²) in [6.07, 6.45) is -0.0277. The lowest BCUT2D eigenvalue weighted by Gasteiger charge is -1.91. The molecule has 2 heterocycles. The van der Waals surface area contributed by atoms with Gasteiger partial charge in [0.2, 0.25) is 0 Å². The Balaban J connectivity index is 1.91. The molecule has 7 heteroatoms. The maximum Gasteiger partial charge on any atom is 0.309 e. The minimum Gasteiger partial charge on any atom is -0.481 e. The minimum atomic E-state index is -0.862. The van der Waals surface area contributed by atoms with Crippen LogP contribution in [0.25, 0.3) is 0 Å². The molecule has 0 radical (unpaired) electrons. The maximum atomic E-state index is 10.5. The highest BCUT2D eigenvalue weighted by atomic mass is 32.2. The molecule has 90 valence electrons. The number of carboxylic acid groups (broad SMARTS) is 1. The number of thioether (sulfide) groups is 1. The Bertz CT molecular complexity index is 521. The first-order valence-electron chi connectivity index (χ1n) is 4.84. The van der Waals surface area contributed by atoms with E-state index in [0.29, 0.717) is 11.4 Å². The van der Waals surface area contributed by atoms with Gasteiger partial charge in [-0.2, -0.15) is 0 Å². The molecule has 17 heavy (non-hydrogen) atoms. The minimum absolute atomic E-state index is 0.0277. The summed E-state index contributed by atoms with van der Waals surface area (Å²) in [5, 5.41) is 14.3. The first-order valence-corrected chi connectivity index (χ1v) is 6.71. The van der Waals surface area contributed by atoms with Crippen LogP contribution in [-0.2, 0) is 17.0 Å². The molecule has 0 aliphatic rings. The molecule has 0 aliphatic heterocycles. The van der Waals surface area contributed by atoms with E-state index in [2.05, 4.69) is 10.1 Å². The van der Waals surface area contributed by atoms with E-state index in [0.717, 1.165) is 15.8 Å². The molecule has 2 aromatic heterocycles. The highest BCUT2D eigenvalue weighted by Gasteiger charge is 2.08. The molecule has 0 atom stereocenters. The second-order valence-electron chi connectivity index (χ2n) is 3.39. The summed E-state index contributed by atoms with van der Waals surface area (Å²) in [6, 6.07) is 1.87. The van der Waals surface area contributed by atoms with Gasteiger partial charge in [-0.15, -0.1) is 11.3 Å². The van der Waals surface area contributed by atoms with Crippen LogP contribution in [0.5, 0.6) is 0 Å². The van der Waals surface area contributed by atoms with Crippen molar-refractivity contribution in [1.29, 1.82) is 0 Å². The fourth-order valence-corrected chi connectivity index (χ4v) is 2.94. The second-order valence-corrected chi connectivity index (χ2v) is 5.47. The Morgan fingerprint density at radius 2 is 2.41 bits per heavy atom. The topological polar surface area (TPSA) is 76.2 Å².